The zero-order valence-corrected chi connectivity index (χ0v) is 11.4. The minimum Gasteiger partial charge on any atom is -0.409 e. The first-order chi connectivity index (χ1) is 8.60. The molecule has 1 aromatic rings. The highest BCUT2D eigenvalue weighted by molar-refractivity contribution is 5.81. The first-order valence-electron chi connectivity index (χ1n) is 6.29. The maximum Gasteiger partial charge on any atom is 0.153 e. The van der Waals surface area contributed by atoms with E-state index in [2.05, 4.69) is 24.1 Å². The minimum absolute atomic E-state index is 0.205. The van der Waals surface area contributed by atoms with Gasteiger partial charge in [0.25, 0.3) is 0 Å². The Balaban J connectivity index is 2.58. The van der Waals surface area contributed by atoms with Gasteiger partial charge in [-0.3, -0.25) is 9.58 Å². The van der Waals surface area contributed by atoms with E-state index in [0.29, 0.717) is 19.1 Å². The molecule has 0 aromatic carbocycles. The summed E-state index contributed by atoms with van der Waals surface area (Å²) in [6.07, 6.45) is 4.18. The smallest absolute Gasteiger partial charge is 0.153 e. The molecule has 0 aliphatic rings. The van der Waals surface area contributed by atoms with Crippen molar-refractivity contribution < 1.29 is 5.21 Å². The van der Waals surface area contributed by atoms with Crippen LogP contribution in [0.5, 0.6) is 0 Å². The maximum atomic E-state index is 8.51. The van der Waals surface area contributed by atoms with Crippen molar-refractivity contribution in [3.8, 4) is 0 Å². The van der Waals surface area contributed by atoms with Crippen LogP contribution < -0.4 is 5.73 Å². The molecule has 0 atom stereocenters. The number of rotatable bonds is 7. The van der Waals surface area contributed by atoms with Crippen LogP contribution in [-0.2, 0) is 6.54 Å². The number of amidine groups is 1. The molecular weight excluding hydrogens is 230 g/mol. The first kappa shape index (κ1) is 14.5. The Morgan fingerprint density at radius 2 is 2.22 bits per heavy atom. The molecule has 0 amide bonds. The summed E-state index contributed by atoms with van der Waals surface area (Å²) in [4.78, 5) is 1.95. The van der Waals surface area contributed by atoms with Gasteiger partial charge < -0.3 is 10.9 Å². The third-order valence-corrected chi connectivity index (χ3v) is 2.97. The van der Waals surface area contributed by atoms with Crippen molar-refractivity contribution in [1.29, 1.82) is 0 Å². The topological polar surface area (TPSA) is 79.7 Å². The molecule has 0 unspecified atom stereocenters. The van der Waals surface area contributed by atoms with Crippen molar-refractivity contribution >= 4 is 5.84 Å². The summed E-state index contributed by atoms with van der Waals surface area (Å²) in [5.74, 6) is 0.205. The number of nitrogens with two attached hydrogens (primary N) is 1. The zero-order chi connectivity index (χ0) is 13.5. The molecule has 0 spiro atoms. The van der Waals surface area contributed by atoms with Crippen LogP contribution in [0, 0.1) is 0 Å². The average molecular weight is 253 g/mol. The highest BCUT2D eigenvalue weighted by Gasteiger charge is 2.09. The molecule has 6 nitrogen and oxygen atoms in total. The van der Waals surface area contributed by atoms with E-state index in [1.807, 2.05) is 28.9 Å². The van der Waals surface area contributed by atoms with Crippen LogP contribution in [0.15, 0.2) is 17.4 Å². The number of oxime groups is 1. The van der Waals surface area contributed by atoms with Crippen molar-refractivity contribution in [2.24, 2.45) is 10.9 Å². The predicted molar refractivity (Wildman–Crippen MR) is 71.6 cm³/mol. The predicted octanol–water partition coefficient (Wildman–Crippen LogP) is 1.42. The monoisotopic (exact) mass is 253 g/mol. The zero-order valence-electron chi connectivity index (χ0n) is 11.4. The maximum absolute atomic E-state index is 8.51. The molecule has 1 aromatic heterocycles. The number of aromatic nitrogens is 2. The first-order valence-corrected chi connectivity index (χ1v) is 6.29. The van der Waals surface area contributed by atoms with Gasteiger partial charge in [-0.2, -0.15) is 5.10 Å². The Bertz CT molecular complexity index is 384. The van der Waals surface area contributed by atoms with Gasteiger partial charge in [-0.05, 0) is 26.0 Å². The number of hydrogen-bond donors (Lipinski definition) is 2. The molecule has 0 bridgehead atoms. The Morgan fingerprint density at radius 1 is 1.56 bits per heavy atom. The largest absolute Gasteiger partial charge is 0.409 e. The van der Waals surface area contributed by atoms with Crippen LogP contribution >= 0.6 is 0 Å². The Morgan fingerprint density at radius 3 is 2.78 bits per heavy atom. The van der Waals surface area contributed by atoms with Crippen molar-refractivity contribution in [1.82, 2.24) is 14.7 Å². The highest BCUT2D eigenvalue weighted by Crippen LogP contribution is 2.14. The molecule has 0 radical (unpaired) electrons. The molecule has 0 saturated heterocycles. The summed E-state index contributed by atoms with van der Waals surface area (Å²) in [6.45, 7) is 5.44. The molecule has 102 valence electrons. The Kier molecular flexibility index (Phi) is 5.64. The van der Waals surface area contributed by atoms with Crippen molar-refractivity contribution in [2.75, 3.05) is 13.6 Å². The number of hydrogen-bond acceptors (Lipinski definition) is 4. The lowest BCUT2D eigenvalue weighted by Gasteiger charge is -2.15. The second-order valence-corrected chi connectivity index (χ2v) is 4.52. The standard InChI is InChI=1S/C12H23N5O/c1-4-11(5-2)17-7-6-10(14-17)8-16(3)9-12(13)15-18/h6-7,11,18H,4-5,8-9H2,1-3H3,(H2,13,15). The van der Waals surface area contributed by atoms with Crippen molar-refractivity contribution in [2.45, 2.75) is 39.3 Å². The molecule has 1 rings (SSSR count). The van der Waals surface area contributed by atoms with E-state index in [-0.39, 0.29) is 5.84 Å². The molecule has 6 heteroatoms. The second kappa shape index (κ2) is 7.00. The lowest BCUT2D eigenvalue weighted by Crippen LogP contribution is -2.30. The van der Waals surface area contributed by atoms with Gasteiger partial charge in [-0.15, -0.1) is 0 Å². The summed E-state index contributed by atoms with van der Waals surface area (Å²) in [6, 6.07) is 2.48. The van der Waals surface area contributed by atoms with E-state index in [0.717, 1.165) is 18.5 Å². The van der Waals surface area contributed by atoms with Gasteiger partial charge in [0.2, 0.25) is 0 Å². The number of nitrogens with zero attached hydrogens (tertiary/aromatic N) is 4. The lowest BCUT2D eigenvalue weighted by molar-refractivity contribution is 0.307. The Hall–Kier alpha value is -1.56. The van der Waals surface area contributed by atoms with E-state index < -0.39 is 0 Å². The van der Waals surface area contributed by atoms with Gasteiger partial charge in [0.1, 0.15) is 0 Å². The molecule has 0 aliphatic carbocycles. The molecule has 0 aliphatic heterocycles. The summed E-state index contributed by atoms with van der Waals surface area (Å²) < 4.78 is 2.02. The van der Waals surface area contributed by atoms with Gasteiger partial charge in [0.15, 0.2) is 5.84 Å². The van der Waals surface area contributed by atoms with E-state index in [4.69, 9.17) is 10.9 Å². The van der Waals surface area contributed by atoms with Gasteiger partial charge in [0, 0.05) is 12.7 Å². The van der Waals surface area contributed by atoms with Crippen LogP contribution in [0.3, 0.4) is 0 Å². The van der Waals surface area contributed by atoms with Crippen LogP contribution in [0.1, 0.15) is 38.4 Å². The number of likely N-dealkylation sites (N-methyl/N-ethyl adjacent to an activating group) is 1. The molecular formula is C12H23N5O. The molecule has 0 fully saturated rings. The summed E-state index contributed by atoms with van der Waals surface area (Å²) >= 11 is 0. The van der Waals surface area contributed by atoms with Gasteiger partial charge in [-0.1, -0.05) is 19.0 Å². The normalized spacial score (nSPS) is 12.6. The van der Waals surface area contributed by atoms with Gasteiger partial charge in [-0.25, -0.2) is 0 Å². The SMILES string of the molecule is CCC(CC)n1ccc(CN(C)CC(N)=NO)n1. The summed E-state index contributed by atoms with van der Waals surface area (Å²) in [5, 5.41) is 16.0. The minimum atomic E-state index is 0.205. The van der Waals surface area contributed by atoms with Gasteiger partial charge >= 0.3 is 0 Å². The third-order valence-electron chi connectivity index (χ3n) is 2.97. The summed E-state index contributed by atoms with van der Waals surface area (Å²) in [5.41, 5.74) is 6.45. The third kappa shape index (κ3) is 4.03. The molecule has 3 N–H and O–H groups in total. The van der Waals surface area contributed by atoms with E-state index in [9.17, 15) is 0 Å². The second-order valence-electron chi connectivity index (χ2n) is 4.52. The lowest BCUT2D eigenvalue weighted by atomic mass is 10.2. The quantitative estimate of drug-likeness (QED) is 0.333. The average Bonchev–Trinajstić information content (AvgIpc) is 2.78. The highest BCUT2D eigenvalue weighted by atomic mass is 16.4. The molecule has 0 saturated carbocycles. The van der Waals surface area contributed by atoms with Crippen LogP contribution in [0.25, 0.3) is 0 Å². The fraction of sp³-hybridized carbons (Fsp3) is 0.667. The Labute approximate surface area is 108 Å². The fourth-order valence-electron chi connectivity index (χ4n) is 1.97. The van der Waals surface area contributed by atoms with E-state index in [1.54, 1.807) is 0 Å². The molecule has 1 heterocycles. The van der Waals surface area contributed by atoms with Crippen LogP contribution in [0.4, 0.5) is 0 Å². The van der Waals surface area contributed by atoms with Crippen molar-refractivity contribution in [3.63, 3.8) is 0 Å². The van der Waals surface area contributed by atoms with Crippen LogP contribution in [0.2, 0.25) is 0 Å². The van der Waals surface area contributed by atoms with E-state index in [1.165, 1.54) is 0 Å². The van der Waals surface area contributed by atoms with Crippen LogP contribution in [-0.4, -0.2) is 39.3 Å². The fourth-order valence-corrected chi connectivity index (χ4v) is 1.97. The van der Waals surface area contributed by atoms with Gasteiger partial charge in [0.05, 0.1) is 18.3 Å². The van der Waals surface area contributed by atoms with E-state index >= 15 is 0 Å². The van der Waals surface area contributed by atoms with Crippen molar-refractivity contribution in [3.05, 3.63) is 18.0 Å². The molecule has 18 heavy (non-hydrogen) atoms. The summed E-state index contributed by atoms with van der Waals surface area (Å²) in [7, 11) is 1.91.